The van der Waals surface area contributed by atoms with Crippen LogP contribution >= 0.6 is 0 Å². The summed E-state index contributed by atoms with van der Waals surface area (Å²) in [6, 6.07) is 15.5. The normalized spacial score (nSPS) is 12.3. The van der Waals surface area contributed by atoms with Gasteiger partial charge in [0.15, 0.2) is 0 Å². The van der Waals surface area contributed by atoms with Crippen LogP contribution in [0.3, 0.4) is 0 Å². The van der Waals surface area contributed by atoms with Crippen LogP contribution in [0.25, 0.3) is 10.9 Å². The van der Waals surface area contributed by atoms with Gasteiger partial charge >= 0.3 is 0 Å². The highest BCUT2D eigenvalue weighted by molar-refractivity contribution is 5.82. The summed E-state index contributed by atoms with van der Waals surface area (Å²) in [7, 11) is 1.61. The molecule has 3 nitrogen and oxygen atoms in total. The summed E-state index contributed by atoms with van der Waals surface area (Å²) >= 11 is 0. The molecule has 106 valence electrons. The summed E-state index contributed by atoms with van der Waals surface area (Å²) < 4.78 is 5.37. The van der Waals surface area contributed by atoms with Crippen LogP contribution in [0.5, 0.6) is 5.75 Å². The second-order valence-electron chi connectivity index (χ2n) is 5.07. The Morgan fingerprint density at radius 1 is 1.05 bits per heavy atom. The monoisotopic (exact) mass is 279 g/mol. The fourth-order valence-corrected chi connectivity index (χ4v) is 2.58. The topological polar surface area (TPSA) is 42.4 Å². The molecule has 0 spiro atoms. The van der Waals surface area contributed by atoms with Crippen molar-refractivity contribution < 1.29 is 9.84 Å². The summed E-state index contributed by atoms with van der Waals surface area (Å²) in [6.07, 6.45) is 0.977. The van der Waals surface area contributed by atoms with Crippen LogP contribution in [-0.2, 0) is 0 Å². The zero-order valence-electron chi connectivity index (χ0n) is 12.1. The number of aliphatic hydroxyl groups is 1. The van der Waals surface area contributed by atoms with Gasteiger partial charge < -0.3 is 9.84 Å². The minimum Gasteiger partial charge on any atom is -0.496 e. The minimum atomic E-state index is -0.765. The molecule has 0 bridgehead atoms. The molecule has 0 saturated heterocycles. The van der Waals surface area contributed by atoms with Crippen LogP contribution in [0.4, 0.5) is 0 Å². The van der Waals surface area contributed by atoms with Crippen LogP contribution in [0, 0.1) is 6.92 Å². The van der Waals surface area contributed by atoms with E-state index in [9.17, 15) is 5.11 Å². The number of fused-ring (bicyclic) bond motifs is 1. The van der Waals surface area contributed by atoms with Gasteiger partial charge in [-0.3, -0.25) is 4.98 Å². The smallest absolute Gasteiger partial charge is 0.125 e. The highest BCUT2D eigenvalue weighted by atomic mass is 16.5. The fraction of sp³-hybridized carbons (Fsp3) is 0.167. The van der Waals surface area contributed by atoms with Gasteiger partial charge in [0.05, 0.1) is 12.6 Å². The van der Waals surface area contributed by atoms with E-state index in [1.54, 1.807) is 13.3 Å². The number of methoxy groups -OCH3 is 1. The Morgan fingerprint density at radius 3 is 2.67 bits per heavy atom. The lowest BCUT2D eigenvalue weighted by atomic mass is 9.97. The summed E-state index contributed by atoms with van der Waals surface area (Å²) in [6.45, 7) is 2.00. The van der Waals surface area contributed by atoms with Gasteiger partial charge in [0, 0.05) is 22.7 Å². The number of hydrogen-bond acceptors (Lipinski definition) is 3. The molecule has 3 rings (SSSR count). The highest BCUT2D eigenvalue weighted by Gasteiger charge is 2.18. The number of aryl methyl sites for hydroxylation is 1. The van der Waals surface area contributed by atoms with Crippen molar-refractivity contribution >= 4 is 10.9 Å². The number of aromatic nitrogens is 1. The first-order valence-electron chi connectivity index (χ1n) is 6.87. The number of benzene rings is 2. The third-order valence-electron chi connectivity index (χ3n) is 3.64. The number of hydrogen-bond donors (Lipinski definition) is 1. The molecule has 0 fully saturated rings. The van der Waals surface area contributed by atoms with E-state index in [-0.39, 0.29) is 0 Å². The number of pyridine rings is 1. The lowest BCUT2D eigenvalue weighted by Gasteiger charge is -2.17. The van der Waals surface area contributed by atoms with Gasteiger partial charge in [0.1, 0.15) is 11.9 Å². The molecule has 1 aromatic heterocycles. The van der Waals surface area contributed by atoms with Gasteiger partial charge in [-0.15, -0.1) is 0 Å². The molecule has 1 unspecified atom stereocenters. The Hall–Kier alpha value is -2.39. The van der Waals surface area contributed by atoms with Gasteiger partial charge in [-0.2, -0.15) is 0 Å². The van der Waals surface area contributed by atoms with Gasteiger partial charge in [-0.1, -0.05) is 35.9 Å². The molecule has 1 N–H and O–H groups in total. The number of aliphatic hydroxyl groups excluding tert-OH is 1. The van der Waals surface area contributed by atoms with Gasteiger partial charge in [-0.05, 0) is 25.1 Å². The van der Waals surface area contributed by atoms with Crippen molar-refractivity contribution in [2.75, 3.05) is 7.11 Å². The van der Waals surface area contributed by atoms with E-state index in [4.69, 9.17) is 4.74 Å². The van der Waals surface area contributed by atoms with Crippen molar-refractivity contribution in [2.24, 2.45) is 0 Å². The van der Waals surface area contributed by atoms with Crippen molar-refractivity contribution in [1.29, 1.82) is 0 Å². The van der Waals surface area contributed by atoms with E-state index in [0.29, 0.717) is 5.75 Å². The van der Waals surface area contributed by atoms with Crippen LogP contribution in [0.1, 0.15) is 22.8 Å². The predicted molar refractivity (Wildman–Crippen MR) is 83.5 cm³/mol. The van der Waals surface area contributed by atoms with Crippen LogP contribution < -0.4 is 4.74 Å². The molecular formula is C18H17NO2. The summed E-state index contributed by atoms with van der Waals surface area (Å²) in [5, 5.41) is 11.8. The Bertz CT molecular complexity index is 778. The van der Waals surface area contributed by atoms with Crippen molar-refractivity contribution in [3.05, 3.63) is 71.4 Å². The van der Waals surface area contributed by atoms with E-state index in [1.807, 2.05) is 55.5 Å². The maximum Gasteiger partial charge on any atom is 0.125 e. The second-order valence-corrected chi connectivity index (χ2v) is 5.07. The zero-order valence-corrected chi connectivity index (χ0v) is 12.1. The van der Waals surface area contributed by atoms with Crippen LogP contribution in [-0.4, -0.2) is 17.2 Å². The molecule has 0 radical (unpaired) electrons. The van der Waals surface area contributed by atoms with Crippen molar-refractivity contribution in [1.82, 2.24) is 4.98 Å². The average molecular weight is 279 g/mol. The molecule has 2 aromatic carbocycles. The predicted octanol–water partition coefficient (Wildman–Crippen LogP) is 3.63. The second kappa shape index (κ2) is 5.54. The summed E-state index contributed by atoms with van der Waals surface area (Å²) in [4.78, 5) is 4.40. The highest BCUT2D eigenvalue weighted by Crippen LogP contribution is 2.33. The lowest BCUT2D eigenvalue weighted by Crippen LogP contribution is -2.04. The molecule has 1 heterocycles. The van der Waals surface area contributed by atoms with Gasteiger partial charge in [0.25, 0.3) is 0 Å². The third kappa shape index (κ3) is 2.48. The van der Waals surface area contributed by atoms with E-state index in [0.717, 1.165) is 27.6 Å². The van der Waals surface area contributed by atoms with E-state index in [1.165, 1.54) is 0 Å². The molecule has 0 saturated carbocycles. The fourth-order valence-electron chi connectivity index (χ4n) is 2.58. The van der Waals surface area contributed by atoms with E-state index in [2.05, 4.69) is 4.98 Å². The van der Waals surface area contributed by atoms with Crippen molar-refractivity contribution in [2.45, 2.75) is 13.0 Å². The number of rotatable bonds is 3. The maximum atomic E-state index is 10.8. The molecule has 3 heteroatoms. The Balaban J connectivity index is 2.17. The molecule has 0 amide bonds. The molecule has 21 heavy (non-hydrogen) atoms. The van der Waals surface area contributed by atoms with Crippen LogP contribution in [0.2, 0.25) is 0 Å². The molecule has 3 aromatic rings. The van der Waals surface area contributed by atoms with Gasteiger partial charge in [0.2, 0.25) is 0 Å². The summed E-state index contributed by atoms with van der Waals surface area (Å²) in [5.41, 5.74) is 3.45. The average Bonchev–Trinajstić information content (AvgIpc) is 2.53. The Morgan fingerprint density at radius 2 is 1.86 bits per heavy atom. The third-order valence-corrected chi connectivity index (χ3v) is 3.64. The molecular weight excluding hydrogens is 262 g/mol. The van der Waals surface area contributed by atoms with Gasteiger partial charge in [-0.25, -0.2) is 0 Å². The molecule has 0 aliphatic rings. The lowest BCUT2D eigenvalue weighted by molar-refractivity contribution is 0.216. The maximum absolute atomic E-state index is 10.8. The zero-order chi connectivity index (χ0) is 14.8. The number of ether oxygens (including phenoxy) is 1. The number of para-hydroxylation sites is 1. The Kier molecular flexibility index (Phi) is 3.59. The SMILES string of the molecule is COc1ccc(C)cc1C(O)c1cccc2cccnc12. The summed E-state index contributed by atoms with van der Waals surface area (Å²) in [5.74, 6) is 0.682. The quantitative estimate of drug-likeness (QED) is 0.796. The van der Waals surface area contributed by atoms with E-state index >= 15 is 0 Å². The molecule has 0 aliphatic heterocycles. The number of nitrogens with zero attached hydrogens (tertiary/aromatic N) is 1. The van der Waals surface area contributed by atoms with Crippen molar-refractivity contribution in [3.8, 4) is 5.75 Å². The molecule has 1 atom stereocenters. The largest absolute Gasteiger partial charge is 0.496 e. The van der Waals surface area contributed by atoms with Crippen LogP contribution in [0.15, 0.2) is 54.7 Å². The Labute approximate surface area is 123 Å². The first-order valence-corrected chi connectivity index (χ1v) is 6.87. The van der Waals surface area contributed by atoms with E-state index < -0.39 is 6.10 Å². The first-order chi connectivity index (χ1) is 10.2. The standard InChI is InChI=1S/C18H17NO2/c1-12-8-9-16(21-2)15(11-12)18(20)14-7-3-5-13-6-4-10-19-17(13)14/h3-11,18,20H,1-2H3. The van der Waals surface area contributed by atoms with Crippen molar-refractivity contribution in [3.63, 3.8) is 0 Å². The minimum absolute atomic E-state index is 0.682. The molecule has 0 aliphatic carbocycles. The first kappa shape index (κ1) is 13.6.